The van der Waals surface area contributed by atoms with Gasteiger partial charge in [0.25, 0.3) is 5.95 Å². The predicted octanol–water partition coefficient (Wildman–Crippen LogP) is 0.714. The average Bonchev–Trinajstić information content (AvgIpc) is 2.74. The fourth-order valence-electron chi connectivity index (χ4n) is 1.98. The SMILES string of the molecule is COC(=O)c1c(N(C)C)nn(-c2nc(C)cc(C)n2)c1N. The molecule has 8 nitrogen and oxygen atoms in total. The van der Waals surface area contributed by atoms with Crippen LogP contribution in [-0.2, 0) is 4.74 Å². The van der Waals surface area contributed by atoms with E-state index in [1.165, 1.54) is 11.8 Å². The minimum atomic E-state index is -0.549. The van der Waals surface area contributed by atoms with E-state index in [9.17, 15) is 4.79 Å². The Hall–Kier alpha value is -2.64. The van der Waals surface area contributed by atoms with Crippen molar-refractivity contribution in [2.75, 3.05) is 31.8 Å². The number of carbonyl (C=O) groups excluding carboxylic acids is 1. The van der Waals surface area contributed by atoms with Crippen molar-refractivity contribution in [1.82, 2.24) is 19.7 Å². The molecule has 0 aliphatic rings. The van der Waals surface area contributed by atoms with Crippen LogP contribution in [0.1, 0.15) is 21.7 Å². The summed E-state index contributed by atoms with van der Waals surface area (Å²) in [5.41, 5.74) is 7.82. The lowest BCUT2D eigenvalue weighted by Crippen LogP contribution is -2.14. The summed E-state index contributed by atoms with van der Waals surface area (Å²) in [5.74, 6) is 0.327. The summed E-state index contributed by atoms with van der Waals surface area (Å²) in [6.07, 6.45) is 0. The molecule has 0 aliphatic heterocycles. The van der Waals surface area contributed by atoms with Gasteiger partial charge in [-0.25, -0.2) is 14.8 Å². The summed E-state index contributed by atoms with van der Waals surface area (Å²) in [6.45, 7) is 3.71. The second-order valence-corrected chi connectivity index (χ2v) is 4.83. The molecule has 0 aliphatic carbocycles. The molecule has 2 aromatic heterocycles. The zero-order valence-corrected chi connectivity index (χ0v) is 12.7. The van der Waals surface area contributed by atoms with Gasteiger partial charge in [0.05, 0.1) is 7.11 Å². The molecule has 21 heavy (non-hydrogen) atoms. The first-order valence-electron chi connectivity index (χ1n) is 6.32. The maximum Gasteiger partial charge on any atom is 0.345 e. The molecule has 0 bridgehead atoms. The van der Waals surface area contributed by atoms with Gasteiger partial charge in [-0.15, -0.1) is 5.10 Å². The minimum Gasteiger partial charge on any atom is -0.465 e. The Bertz CT molecular complexity index is 672. The number of ether oxygens (including phenoxy) is 1. The summed E-state index contributed by atoms with van der Waals surface area (Å²) in [5, 5.41) is 4.32. The second kappa shape index (κ2) is 5.39. The summed E-state index contributed by atoms with van der Waals surface area (Å²) < 4.78 is 6.11. The van der Waals surface area contributed by atoms with Crippen molar-refractivity contribution in [3.63, 3.8) is 0 Å². The first-order chi connectivity index (χ1) is 9.85. The smallest absolute Gasteiger partial charge is 0.345 e. The molecule has 0 unspecified atom stereocenters. The number of rotatable bonds is 3. The molecule has 0 saturated heterocycles. The quantitative estimate of drug-likeness (QED) is 0.831. The van der Waals surface area contributed by atoms with Gasteiger partial charge in [0.1, 0.15) is 11.4 Å². The van der Waals surface area contributed by atoms with Crippen LogP contribution in [0.2, 0.25) is 0 Å². The molecule has 0 fully saturated rings. The lowest BCUT2D eigenvalue weighted by molar-refractivity contribution is 0.0602. The molecular formula is C13H18N6O2. The van der Waals surface area contributed by atoms with Crippen molar-refractivity contribution >= 4 is 17.6 Å². The normalized spacial score (nSPS) is 10.5. The van der Waals surface area contributed by atoms with E-state index in [-0.39, 0.29) is 11.4 Å². The number of carbonyl (C=O) groups is 1. The number of aryl methyl sites for hydroxylation is 2. The fraction of sp³-hybridized carbons (Fsp3) is 0.385. The molecule has 0 spiro atoms. The number of nitrogens with two attached hydrogens (primary N) is 1. The molecule has 0 saturated carbocycles. The number of hydrogen-bond donors (Lipinski definition) is 1. The molecule has 2 heterocycles. The zero-order valence-electron chi connectivity index (χ0n) is 12.7. The number of anilines is 2. The third-order valence-electron chi connectivity index (χ3n) is 2.88. The van der Waals surface area contributed by atoms with Gasteiger partial charge in [-0.3, -0.25) is 0 Å². The summed E-state index contributed by atoms with van der Waals surface area (Å²) >= 11 is 0. The average molecular weight is 290 g/mol. The van der Waals surface area contributed by atoms with Crippen LogP contribution in [0.5, 0.6) is 0 Å². The number of aromatic nitrogens is 4. The van der Waals surface area contributed by atoms with Crippen molar-refractivity contribution < 1.29 is 9.53 Å². The van der Waals surface area contributed by atoms with Gasteiger partial charge in [0.15, 0.2) is 5.82 Å². The Balaban J connectivity index is 2.68. The maximum absolute atomic E-state index is 11.9. The van der Waals surface area contributed by atoms with E-state index >= 15 is 0 Å². The molecule has 0 atom stereocenters. The van der Waals surface area contributed by atoms with E-state index in [1.54, 1.807) is 19.0 Å². The van der Waals surface area contributed by atoms with Gasteiger partial charge in [-0.2, -0.15) is 4.68 Å². The van der Waals surface area contributed by atoms with Gasteiger partial charge in [-0.1, -0.05) is 0 Å². The van der Waals surface area contributed by atoms with Crippen LogP contribution in [0.4, 0.5) is 11.6 Å². The van der Waals surface area contributed by atoms with E-state index in [0.717, 1.165) is 11.4 Å². The Morgan fingerprint density at radius 3 is 2.33 bits per heavy atom. The minimum absolute atomic E-state index is 0.149. The highest BCUT2D eigenvalue weighted by Crippen LogP contribution is 2.26. The molecule has 0 aromatic carbocycles. The third-order valence-corrected chi connectivity index (χ3v) is 2.88. The van der Waals surface area contributed by atoms with Crippen molar-refractivity contribution in [2.45, 2.75) is 13.8 Å². The largest absolute Gasteiger partial charge is 0.465 e. The Kier molecular flexibility index (Phi) is 3.79. The van der Waals surface area contributed by atoms with Crippen LogP contribution in [0.15, 0.2) is 6.07 Å². The zero-order chi connectivity index (χ0) is 15.7. The highest BCUT2D eigenvalue weighted by atomic mass is 16.5. The molecule has 2 rings (SSSR count). The molecule has 0 amide bonds. The predicted molar refractivity (Wildman–Crippen MR) is 78.7 cm³/mol. The number of nitrogens with zero attached hydrogens (tertiary/aromatic N) is 5. The maximum atomic E-state index is 11.9. The van der Waals surface area contributed by atoms with Crippen LogP contribution in [0.25, 0.3) is 5.95 Å². The Morgan fingerprint density at radius 2 is 1.86 bits per heavy atom. The van der Waals surface area contributed by atoms with Gasteiger partial charge in [0, 0.05) is 25.5 Å². The van der Waals surface area contributed by atoms with Crippen LogP contribution < -0.4 is 10.6 Å². The topological polar surface area (TPSA) is 99.2 Å². The van der Waals surface area contributed by atoms with Crippen LogP contribution in [0, 0.1) is 13.8 Å². The first kappa shape index (κ1) is 14.8. The molecule has 8 heteroatoms. The monoisotopic (exact) mass is 290 g/mol. The number of esters is 1. The molecule has 2 N–H and O–H groups in total. The van der Waals surface area contributed by atoms with Crippen LogP contribution in [-0.4, -0.2) is 46.9 Å². The van der Waals surface area contributed by atoms with E-state index in [1.807, 2.05) is 19.9 Å². The Labute approximate surface area is 122 Å². The van der Waals surface area contributed by atoms with Crippen molar-refractivity contribution in [2.24, 2.45) is 0 Å². The van der Waals surface area contributed by atoms with Crippen molar-refractivity contribution in [1.29, 1.82) is 0 Å². The molecule has 112 valence electrons. The standard InChI is InChI=1S/C13H18N6O2/c1-7-6-8(2)16-13(15-7)19-10(14)9(12(20)21-5)11(17-19)18(3)4/h6H,14H2,1-5H3. The fourth-order valence-corrected chi connectivity index (χ4v) is 1.98. The third kappa shape index (κ3) is 2.64. The van der Waals surface area contributed by atoms with Gasteiger partial charge in [-0.05, 0) is 19.9 Å². The van der Waals surface area contributed by atoms with Gasteiger partial charge >= 0.3 is 5.97 Å². The molecule has 0 radical (unpaired) electrons. The highest BCUT2D eigenvalue weighted by Gasteiger charge is 2.25. The van der Waals surface area contributed by atoms with Crippen LogP contribution >= 0.6 is 0 Å². The highest BCUT2D eigenvalue weighted by molar-refractivity contribution is 6.00. The van der Waals surface area contributed by atoms with Gasteiger partial charge in [0.2, 0.25) is 0 Å². The number of nitrogen functional groups attached to an aromatic ring is 1. The van der Waals surface area contributed by atoms with Gasteiger partial charge < -0.3 is 15.4 Å². The van der Waals surface area contributed by atoms with E-state index in [0.29, 0.717) is 11.8 Å². The molecular weight excluding hydrogens is 272 g/mol. The van der Waals surface area contributed by atoms with E-state index in [2.05, 4.69) is 15.1 Å². The lowest BCUT2D eigenvalue weighted by Gasteiger charge is -2.09. The Morgan fingerprint density at radius 1 is 1.29 bits per heavy atom. The number of methoxy groups -OCH3 is 1. The first-order valence-corrected chi connectivity index (χ1v) is 6.32. The van der Waals surface area contributed by atoms with Crippen molar-refractivity contribution in [3.05, 3.63) is 23.0 Å². The van der Waals surface area contributed by atoms with E-state index < -0.39 is 5.97 Å². The van der Waals surface area contributed by atoms with Crippen LogP contribution in [0.3, 0.4) is 0 Å². The second-order valence-electron chi connectivity index (χ2n) is 4.83. The number of hydrogen-bond acceptors (Lipinski definition) is 7. The van der Waals surface area contributed by atoms with Crippen molar-refractivity contribution in [3.8, 4) is 5.95 Å². The summed E-state index contributed by atoms with van der Waals surface area (Å²) in [6, 6.07) is 1.84. The summed E-state index contributed by atoms with van der Waals surface area (Å²) in [4.78, 5) is 22.2. The lowest BCUT2D eigenvalue weighted by atomic mass is 10.3. The summed E-state index contributed by atoms with van der Waals surface area (Å²) in [7, 11) is 4.83. The molecule has 2 aromatic rings. The van der Waals surface area contributed by atoms with E-state index in [4.69, 9.17) is 10.5 Å².